The standard InChI is InChI=1S/C20H35NO4/c1-4-5-8-13-18(2)14-9-6-7-11-16-21-20(23)25-17-12-10-15-19(22)24-3/h6-7,9,14,18H,4-5,8,10-13,15-17H2,1-3H3,(H,21,23)/b7-6+,14-9+. The van der Waals surface area contributed by atoms with Crippen LogP contribution < -0.4 is 5.32 Å². The highest BCUT2D eigenvalue weighted by Crippen LogP contribution is 2.10. The fraction of sp³-hybridized carbons (Fsp3) is 0.700. The summed E-state index contributed by atoms with van der Waals surface area (Å²) in [7, 11) is 1.37. The Morgan fingerprint density at radius 3 is 2.64 bits per heavy atom. The lowest BCUT2D eigenvalue weighted by atomic mass is 10.0. The molecule has 0 saturated heterocycles. The van der Waals surface area contributed by atoms with E-state index in [2.05, 4.69) is 36.1 Å². The van der Waals surface area contributed by atoms with E-state index in [1.807, 2.05) is 12.2 Å². The normalized spacial score (nSPS) is 12.4. The van der Waals surface area contributed by atoms with E-state index in [4.69, 9.17) is 4.74 Å². The Morgan fingerprint density at radius 2 is 1.92 bits per heavy atom. The summed E-state index contributed by atoms with van der Waals surface area (Å²) in [6.07, 6.45) is 15.5. The average Bonchev–Trinajstić information content (AvgIpc) is 2.60. The number of rotatable bonds is 14. The van der Waals surface area contributed by atoms with Gasteiger partial charge in [0.1, 0.15) is 0 Å². The maximum absolute atomic E-state index is 11.4. The van der Waals surface area contributed by atoms with Gasteiger partial charge in [0.05, 0.1) is 13.7 Å². The summed E-state index contributed by atoms with van der Waals surface area (Å²) in [4.78, 5) is 22.3. The molecule has 0 radical (unpaired) electrons. The number of alkyl carbamates (subject to hydrolysis) is 1. The molecule has 1 unspecified atom stereocenters. The maximum Gasteiger partial charge on any atom is 0.407 e. The Bertz CT molecular complexity index is 405. The number of hydrogen-bond acceptors (Lipinski definition) is 4. The number of carbonyl (C=O) groups is 2. The Hall–Kier alpha value is -1.78. The molecule has 0 fully saturated rings. The van der Waals surface area contributed by atoms with Crippen LogP contribution in [0.15, 0.2) is 24.3 Å². The fourth-order valence-electron chi connectivity index (χ4n) is 2.19. The molecule has 0 aromatic carbocycles. The first kappa shape index (κ1) is 23.2. The second-order valence-corrected chi connectivity index (χ2v) is 6.17. The predicted molar refractivity (Wildman–Crippen MR) is 101 cm³/mol. The van der Waals surface area contributed by atoms with Crippen molar-refractivity contribution >= 4 is 12.1 Å². The zero-order valence-electron chi connectivity index (χ0n) is 16.1. The number of nitrogens with one attached hydrogen (secondary N) is 1. The van der Waals surface area contributed by atoms with Crippen molar-refractivity contribution in [3.05, 3.63) is 24.3 Å². The molecular weight excluding hydrogens is 318 g/mol. The van der Waals surface area contributed by atoms with Gasteiger partial charge in [-0.1, -0.05) is 57.4 Å². The summed E-state index contributed by atoms with van der Waals surface area (Å²) in [6, 6.07) is 0. The highest BCUT2D eigenvalue weighted by molar-refractivity contribution is 5.69. The van der Waals surface area contributed by atoms with Crippen molar-refractivity contribution in [2.75, 3.05) is 20.3 Å². The molecule has 0 spiro atoms. The minimum Gasteiger partial charge on any atom is -0.469 e. The van der Waals surface area contributed by atoms with E-state index in [1.165, 1.54) is 32.8 Å². The first-order chi connectivity index (χ1) is 12.1. The third kappa shape index (κ3) is 16.8. The zero-order chi connectivity index (χ0) is 18.8. The first-order valence-electron chi connectivity index (χ1n) is 9.40. The quantitative estimate of drug-likeness (QED) is 0.277. The molecule has 0 aliphatic heterocycles. The summed E-state index contributed by atoms with van der Waals surface area (Å²) in [5.74, 6) is 0.379. The fourth-order valence-corrected chi connectivity index (χ4v) is 2.19. The van der Waals surface area contributed by atoms with Crippen molar-refractivity contribution in [3.8, 4) is 0 Å². The second-order valence-electron chi connectivity index (χ2n) is 6.17. The van der Waals surface area contributed by atoms with E-state index in [0.717, 1.165) is 6.42 Å². The summed E-state index contributed by atoms with van der Waals surface area (Å²) in [5.41, 5.74) is 0. The van der Waals surface area contributed by atoms with Gasteiger partial charge in [-0.15, -0.1) is 0 Å². The van der Waals surface area contributed by atoms with Crippen molar-refractivity contribution < 1.29 is 19.1 Å². The number of unbranched alkanes of at least 4 members (excludes halogenated alkanes) is 3. The van der Waals surface area contributed by atoms with Gasteiger partial charge < -0.3 is 14.8 Å². The van der Waals surface area contributed by atoms with Gasteiger partial charge in [-0.25, -0.2) is 4.79 Å². The molecule has 0 bridgehead atoms. The van der Waals surface area contributed by atoms with Gasteiger partial charge >= 0.3 is 12.1 Å². The minimum atomic E-state index is -0.411. The molecule has 0 heterocycles. The monoisotopic (exact) mass is 353 g/mol. The Kier molecular flexibility index (Phi) is 15.8. The highest BCUT2D eigenvalue weighted by atomic mass is 16.5. The van der Waals surface area contributed by atoms with Crippen molar-refractivity contribution in [1.29, 1.82) is 0 Å². The van der Waals surface area contributed by atoms with Crippen LogP contribution in [-0.4, -0.2) is 32.3 Å². The van der Waals surface area contributed by atoms with Crippen molar-refractivity contribution in [2.24, 2.45) is 5.92 Å². The van der Waals surface area contributed by atoms with Crippen LogP contribution in [0.25, 0.3) is 0 Å². The van der Waals surface area contributed by atoms with Gasteiger partial charge in [-0.05, 0) is 31.6 Å². The molecule has 0 aliphatic rings. The summed E-state index contributed by atoms with van der Waals surface area (Å²) in [6.45, 7) is 5.33. The molecule has 1 atom stereocenters. The van der Waals surface area contributed by atoms with E-state index in [-0.39, 0.29) is 5.97 Å². The lowest BCUT2D eigenvalue weighted by Gasteiger charge is -2.05. The number of ether oxygens (including phenoxy) is 2. The van der Waals surface area contributed by atoms with E-state index in [1.54, 1.807) is 0 Å². The van der Waals surface area contributed by atoms with Crippen molar-refractivity contribution in [1.82, 2.24) is 5.32 Å². The molecule has 144 valence electrons. The highest BCUT2D eigenvalue weighted by Gasteiger charge is 2.02. The van der Waals surface area contributed by atoms with E-state index >= 15 is 0 Å². The van der Waals surface area contributed by atoms with E-state index in [0.29, 0.717) is 38.3 Å². The Labute approximate surface area is 152 Å². The van der Waals surface area contributed by atoms with Gasteiger partial charge in [0.15, 0.2) is 0 Å². The summed E-state index contributed by atoms with van der Waals surface area (Å²) in [5, 5.41) is 2.70. The Morgan fingerprint density at radius 1 is 1.12 bits per heavy atom. The average molecular weight is 354 g/mol. The Balaban J connectivity index is 3.53. The topological polar surface area (TPSA) is 64.6 Å². The molecular formula is C20H35NO4. The first-order valence-corrected chi connectivity index (χ1v) is 9.40. The smallest absolute Gasteiger partial charge is 0.407 e. The van der Waals surface area contributed by atoms with Gasteiger partial charge in [-0.2, -0.15) is 0 Å². The maximum atomic E-state index is 11.4. The molecule has 0 aromatic rings. The number of amides is 1. The summed E-state index contributed by atoms with van der Waals surface area (Å²) >= 11 is 0. The van der Waals surface area contributed by atoms with Crippen LogP contribution in [0, 0.1) is 5.92 Å². The predicted octanol–water partition coefficient (Wildman–Crippen LogP) is 4.77. The van der Waals surface area contributed by atoms with Crippen LogP contribution in [0.1, 0.15) is 65.2 Å². The number of esters is 1. The van der Waals surface area contributed by atoms with Gasteiger partial charge in [0, 0.05) is 13.0 Å². The number of hydrogen-bond donors (Lipinski definition) is 1. The molecule has 1 N–H and O–H groups in total. The number of methoxy groups -OCH3 is 1. The van der Waals surface area contributed by atoms with Crippen LogP contribution in [0.5, 0.6) is 0 Å². The lowest BCUT2D eigenvalue weighted by molar-refractivity contribution is -0.140. The minimum absolute atomic E-state index is 0.236. The van der Waals surface area contributed by atoms with Crippen LogP contribution >= 0.6 is 0 Å². The number of carbonyl (C=O) groups excluding carboxylic acids is 2. The second kappa shape index (κ2) is 17.1. The van der Waals surface area contributed by atoms with Crippen molar-refractivity contribution in [3.63, 3.8) is 0 Å². The van der Waals surface area contributed by atoms with Crippen LogP contribution in [0.3, 0.4) is 0 Å². The van der Waals surface area contributed by atoms with Crippen LogP contribution in [-0.2, 0) is 14.3 Å². The van der Waals surface area contributed by atoms with E-state index < -0.39 is 6.09 Å². The summed E-state index contributed by atoms with van der Waals surface area (Å²) < 4.78 is 9.56. The zero-order valence-corrected chi connectivity index (χ0v) is 16.1. The molecule has 0 saturated carbocycles. The van der Waals surface area contributed by atoms with Gasteiger partial charge in [0.25, 0.3) is 0 Å². The molecule has 0 aromatic heterocycles. The number of allylic oxidation sites excluding steroid dienone is 3. The van der Waals surface area contributed by atoms with Crippen molar-refractivity contribution in [2.45, 2.75) is 65.2 Å². The molecule has 5 nitrogen and oxygen atoms in total. The third-order valence-corrected chi connectivity index (χ3v) is 3.77. The molecule has 0 aliphatic carbocycles. The molecule has 5 heteroatoms. The van der Waals surface area contributed by atoms with Crippen LogP contribution in [0.2, 0.25) is 0 Å². The lowest BCUT2D eigenvalue weighted by Crippen LogP contribution is -2.25. The molecule has 25 heavy (non-hydrogen) atoms. The molecule has 1 amide bonds. The van der Waals surface area contributed by atoms with Gasteiger partial charge in [-0.3, -0.25) is 4.79 Å². The SMILES string of the molecule is CCCCCC(C)/C=C/C=C/CCNC(=O)OCCCCC(=O)OC. The third-order valence-electron chi connectivity index (χ3n) is 3.77. The van der Waals surface area contributed by atoms with E-state index in [9.17, 15) is 9.59 Å². The largest absolute Gasteiger partial charge is 0.469 e. The molecule has 0 rings (SSSR count). The van der Waals surface area contributed by atoms with Gasteiger partial charge in [0.2, 0.25) is 0 Å². The van der Waals surface area contributed by atoms with Crippen LogP contribution in [0.4, 0.5) is 4.79 Å².